The van der Waals surface area contributed by atoms with Crippen molar-refractivity contribution in [2.45, 2.75) is 286 Å². The summed E-state index contributed by atoms with van der Waals surface area (Å²) in [5, 5.41) is 85.6. The van der Waals surface area contributed by atoms with Crippen LogP contribution in [0.4, 0.5) is 0 Å². The minimum atomic E-state index is -0.688. The highest BCUT2D eigenvalue weighted by Crippen LogP contribution is 2.19. The third kappa shape index (κ3) is 63.8. The normalized spacial score (nSPS) is 11.7. The van der Waals surface area contributed by atoms with Crippen molar-refractivity contribution in [3.63, 3.8) is 0 Å². The molecule has 89 heavy (non-hydrogen) atoms. The van der Waals surface area contributed by atoms with Crippen LogP contribution in [0, 0.1) is 5.92 Å². The van der Waals surface area contributed by atoms with E-state index in [1.165, 1.54) is 128 Å². The summed E-state index contributed by atoms with van der Waals surface area (Å²) in [6.07, 6.45) is 40.3. The number of nitrogens with one attached hydrogen (secondary N) is 2. The summed E-state index contributed by atoms with van der Waals surface area (Å²) in [7, 11) is 0.479. The first-order valence-corrected chi connectivity index (χ1v) is 35.4. The standard InChI is InChI=1S/C33H79B6N7O7.C29H59NO3.3H2O/c1-32(47)40-21-13-11-10-12-20-33(30-45(38(6)52)26-16-14-24-43(36(4)50)28-18-22-41(8)34(2)48)31-46(39(7)53)27-17-15-25-44(37(5)51)29-19-23-42(9)35(3)49;1-2-3-4-5-6-7-8-9-10-11-12-13-14-15-16-17-18-19-20-21-22-26-30-29(33)25-23-24-28(32)27-31;;;/h33,48-53H,10-31H2,1-9H3,(H,40,47);28,31-32H,2-27H2,1H3,(H,30,33);3*1H2/t;28-;;;/m.0.../s1. The van der Waals surface area contributed by atoms with Gasteiger partial charge in [-0.1, -0.05) is 155 Å². The van der Waals surface area contributed by atoms with Crippen LogP contribution in [-0.4, -0.2) is 245 Å². The Morgan fingerprint density at radius 2 is 0.685 bits per heavy atom. The molecular weight excluding hydrogens is 1130 g/mol. The van der Waals surface area contributed by atoms with E-state index < -0.39 is 48.4 Å². The van der Waals surface area contributed by atoms with Crippen LogP contribution >= 0.6 is 0 Å². The van der Waals surface area contributed by atoms with Gasteiger partial charge >= 0.3 is 42.3 Å². The first-order valence-electron chi connectivity index (χ1n) is 35.4. The summed E-state index contributed by atoms with van der Waals surface area (Å²) in [4.78, 5) is 35.1. The van der Waals surface area contributed by atoms with Crippen LogP contribution in [0.15, 0.2) is 0 Å². The van der Waals surface area contributed by atoms with Crippen LogP contribution in [0.5, 0.6) is 0 Å². The number of carbonyl (C=O) groups is 2. The molecule has 27 heteroatoms. The fourth-order valence-corrected chi connectivity index (χ4v) is 11.1. The van der Waals surface area contributed by atoms with E-state index >= 15 is 0 Å². The van der Waals surface area contributed by atoms with Crippen LogP contribution < -0.4 is 10.6 Å². The molecule has 0 fully saturated rings. The molecule has 1 atom stereocenters. The Bertz CT molecular complexity index is 1440. The first-order chi connectivity index (χ1) is 41.2. The monoisotopic (exact) mass is 1280 g/mol. The summed E-state index contributed by atoms with van der Waals surface area (Å²) in [6.45, 7) is 23.2. The van der Waals surface area contributed by atoms with Crippen LogP contribution in [0.1, 0.15) is 239 Å². The van der Waals surface area contributed by atoms with Gasteiger partial charge in [0.15, 0.2) is 0 Å². The summed E-state index contributed by atoms with van der Waals surface area (Å²) < 4.78 is 0. The maximum absolute atomic E-state index is 11.7. The van der Waals surface area contributed by atoms with Crippen molar-refractivity contribution in [1.29, 1.82) is 0 Å². The number of hydrogen-bond acceptors (Lipinski definition) is 16. The van der Waals surface area contributed by atoms with Crippen LogP contribution in [0.3, 0.4) is 0 Å². The van der Waals surface area contributed by atoms with Gasteiger partial charge in [0.05, 0.1) is 12.7 Å². The van der Waals surface area contributed by atoms with Crippen molar-refractivity contribution in [3.05, 3.63) is 0 Å². The predicted molar refractivity (Wildman–Crippen MR) is 381 cm³/mol. The molecule has 0 saturated heterocycles. The second-order valence-corrected chi connectivity index (χ2v) is 25.6. The second kappa shape index (κ2) is 68.0. The molecule has 0 aliphatic heterocycles. The van der Waals surface area contributed by atoms with E-state index in [4.69, 9.17) is 5.11 Å². The fourth-order valence-electron chi connectivity index (χ4n) is 11.1. The Balaban J connectivity index is -0.000000564. The third-order valence-electron chi connectivity index (χ3n) is 17.2. The van der Waals surface area contributed by atoms with Gasteiger partial charge in [-0.15, -0.1) is 0 Å². The number of aliphatic hydroxyl groups is 2. The van der Waals surface area contributed by atoms with Gasteiger partial charge in [0.1, 0.15) is 0 Å². The molecule has 0 aromatic rings. The SMILES string of the molecule is CB(O)N(C)CCCN(CCCCN(CC(CCCCCCNC(C)=O)CN(CCCCN(CCCN(C)B(C)O)B(C)O)B(C)O)B(C)O)B(C)O.CCCCCCCCCCCCCCCCCCCCCCCNC(=O)CCC[C@H](O)CO.O.O.O. The lowest BCUT2D eigenvalue weighted by Gasteiger charge is -2.33. The molecular formula is C62H144B6N8O13. The first kappa shape index (κ1) is 96.3. The summed E-state index contributed by atoms with van der Waals surface area (Å²) in [6, 6.07) is 0. The molecule has 0 aliphatic carbocycles. The van der Waals surface area contributed by atoms with Crippen molar-refractivity contribution in [2.24, 2.45) is 5.92 Å². The van der Waals surface area contributed by atoms with Gasteiger partial charge < -0.3 is 96.3 Å². The van der Waals surface area contributed by atoms with Gasteiger partial charge in [-0.3, -0.25) is 9.59 Å². The zero-order chi connectivity index (χ0) is 64.6. The molecule has 0 aromatic carbocycles. The Labute approximate surface area is 548 Å². The average Bonchev–Trinajstić information content (AvgIpc) is 3.63. The molecule has 0 aromatic heterocycles. The lowest BCUT2D eigenvalue weighted by molar-refractivity contribution is -0.121. The van der Waals surface area contributed by atoms with Crippen molar-refractivity contribution in [2.75, 3.05) is 99.2 Å². The van der Waals surface area contributed by atoms with Crippen molar-refractivity contribution in [3.8, 4) is 0 Å². The summed E-state index contributed by atoms with van der Waals surface area (Å²) >= 11 is 0. The highest BCUT2D eigenvalue weighted by atomic mass is 16.3. The minimum absolute atomic E-state index is 0. The van der Waals surface area contributed by atoms with Gasteiger partial charge in [-0.05, 0) is 197 Å². The number of aliphatic hydroxyl groups excluding tert-OH is 2. The number of amides is 2. The topological polar surface area (TPSA) is 334 Å². The zero-order valence-electron chi connectivity index (χ0n) is 59.1. The number of rotatable bonds is 62. The van der Waals surface area contributed by atoms with Crippen LogP contribution in [0.25, 0.3) is 0 Å². The Morgan fingerprint density at radius 1 is 0.382 bits per heavy atom. The summed E-state index contributed by atoms with van der Waals surface area (Å²) in [5.74, 6) is 0.308. The van der Waals surface area contributed by atoms with E-state index in [1.54, 1.807) is 34.2 Å². The molecule has 21 nitrogen and oxygen atoms in total. The smallest absolute Gasteiger partial charge is 0.376 e. The number of carbonyl (C=O) groups excluding carboxylic acids is 2. The molecule has 0 heterocycles. The van der Waals surface area contributed by atoms with Crippen LogP contribution in [-0.2, 0) is 9.59 Å². The molecule has 528 valence electrons. The lowest BCUT2D eigenvalue weighted by atomic mass is 9.80. The van der Waals surface area contributed by atoms with E-state index in [-0.39, 0.29) is 40.8 Å². The molecule has 0 rings (SSSR count). The van der Waals surface area contributed by atoms with Gasteiger partial charge in [0.2, 0.25) is 11.8 Å². The molecule has 0 radical (unpaired) electrons. The Kier molecular flexibility index (Phi) is 73.7. The molecule has 0 saturated carbocycles. The molecule has 2 amide bonds. The molecule has 0 unspecified atom stereocenters. The molecule has 0 spiro atoms. The number of unbranched alkanes of at least 4 members (excludes halogenated alkanes) is 25. The van der Waals surface area contributed by atoms with Crippen molar-refractivity contribution < 1.29 is 66.4 Å². The summed E-state index contributed by atoms with van der Waals surface area (Å²) in [5.41, 5.74) is 0. The third-order valence-corrected chi connectivity index (χ3v) is 17.2. The van der Waals surface area contributed by atoms with Gasteiger partial charge in [0.25, 0.3) is 0 Å². The molecule has 0 bridgehead atoms. The van der Waals surface area contributed by atoms with Gasteiger partial charge in [-0.2, -0.15) is 0 Å². The fraction of sp³-hybridized carbons (Fsp3) is 0.968. The van der Waals surface area contributed by atoms with Crippen molar-refractivity contribution in [1.82, 2.24) is 39.5 Å². The molecule has 0 aliphatic rings. The lowest BCUT2D eigenvalue weighted by Crippen LogP contribution is -2.47. The van der Waals surface area contributed by atoms with E-state index in [1.807, 2.05) is 37.4 Å². The average molecular weight is 1270 g/mol. The minimum Gasteiger partial charge on any atom is -0.437 e. The number of hydrogen-bond donors (Lipinski definition) is 10. The van der Waals surface area contributed by atoms with E-state index in [0.29, 0.717) is 25.8 Å². The van der Waals surface area contributed by atoms with Crippen LogP contribution in [0.2, 0.25) is 40.9 Å². The Hall–Kier alpha value is -1.35. The van der Waals surface area contributed by atoms with E-state index in [2.05, 4.69) is 36.8 Å². The Morgan fingerprint density at radius 3 is 1.00 bits per heavy atom. The van der Waals surface area contributed by atoms with Crippen molar-refractivity contribution >= 4 is 54.1 Å². The highest BCUT2D eigenvalue weighted by molar-refractivity contribution is 6.46. The maximum Gasteiger partial charge on any atom is 0.376 e. The van der Waals surface area contributed by atoms with E-state index in [0.717, 1.165) is 149 Å². The largest absolute Gasteiger partial charge is 0.437 e. The second-order valence-electron chi connectivity index (χ2n) is 25.6. The zero-order valence-corrected chi connectivity index (χ0v) is 59.1. The van der Waals surface area contributed by atoms with Gasteiger partial charge in [-0.25, -0.2) is 0 Å². The number of nitrogens with zero attached hydrogens (tertiary/aromatic N) is 6. The predicted octanol–water partition coefficient (Wildman–Crippen LogP) is 6.13. The highest BCUT2D eigenvalue weighted by Gasteiger charge is 2.26. The van der Waals surface area contributed by atoms with E-state index in [9.17, 15) is 44.8 Å². The maximum atomic E-state index is 11.7. The van der Waals surface area contributed by atoms with Gasteiger partial charge in [0, 0.05) is 26.4 Å². The molecule has 16 N–H and O–H groups in total. The quantitative estimate of drug-likeness (QED) is 0.0242.